The summed E-state index contributed by atoms with van der Waals surface area (Å²) in [5, 5.41) is 0. The third kappa shape index (κ3) is 3.98. The molecule has 2 N–H and O–H groups in total. The third-order valence-corrected chi connectivity index (χ3v) is 5.38. The normalized spacial score (nSPS) is 26.0. The first-order chi connectivity index (χ1) is 10.6. The molecule has 1 heterocycles. The van der Waals surface area contributed by atoms with Gasteiger partial charge in [0.2, 0.25) is 5.91 Å². The van der Waals surface area contributed by atoms with Crippen LogP contribution in [0, 0.1) is 11.8 Å². The van der Waals surface area contributed by atoms with E-state index in [1.54, 1.807) is 0 Å². The number of rotatable bonds is 2. The summed E-state index contributed by atoms with van der Waals surface area (Å²) in [5.74, 6) is 0.810. The van der Waals surface area contributed by atoms with Crippen LogP contribution in [-0.4, -0.2) is 37.0 Å². The van der Waals surface area contributed by atoms with E-state index in [-0.39, 0.29) is 36.8 Å². The molecule has 0 radical (unpaired) electrons. The Morgan fingerprint density at radius 1 is 1.25 bits per heavy atom. The van der Waals surface area contributed by atoms with Gasteiger partial charge in [-0.2, -0.15) is 0 Å². The van der Waals surface area contributed by atoms with Crippen LogP contribution >= 0.6 is 24.8 Å². The third-order valence-electron chi connectivity index (χ3n) is 5.38. The summed E-state index contributed by atoms with van der Waals surface area (Å²) in [7, 11) is 2.11. The number of hydrogen-bond acceptors (Lipinski definition) is 3. The molecule has 1 aromatic carbocycles. The second kappa shape index (κ2) is 8.93. The van der Waals surface area contributed by atoms with Crippen LogP contribution in [0.25, 0.3) is 0 Å². The number of anilines is 1. The van der Waals surface area contributed by atoms with Crippen LogP contribution in [0.3, 0.4) is 0 Å². The number of fused-ring (bicyclic) bond motifs is 1. The molecular formula is C18H29Cl2N3O. The van der Waals surface area contributed by atoms with Crippen molar-refractivity contribution in [2.75, 3.05) is 25.0 Å². The maximum atomic E-state index is 13.1. The lowest BCUT2D eigenvalue weighted by atomic mass is 9.94. The van der Waals surface area contributed by atoms with E-state index in [0.717, 1.165) is 25.8 Å². The summed E-state index contributed by atoms with van der Waals surface area (Å²) >= 11 is 0. The minimum absolute atomic E-state index is 0. The zero-order chi connectivity index (χ0) is 15.7. The van der Waals surface area contributed by atoms with Gasteiger partial charge in [0, 0.05) is 37.8 Å². The molecule has 3 atom stereocenters. The Morgan fingerprint density at radius 2 is 1.96 bits per heavy atom. The van der Waals surface area contributed by atoms with E-state index in [1.807, 2.05) is 0 Å². The first kappa shape index (κ1) is 21.1. The molecule has 136 valence electrons. The average molecular weight is 374 g/mol. The molecule has 4 nitrogen and oxygen atoms in total. The molecule has 0 saturated heterocycles. The predicted octanol–water partition coefficient (Wildman–Crippen LogP) is 3.07. The summed E-state index contributed by atoms with van der Waals surface area (Å²) in [4.78, 5) is 17.5. The largest absolute Gasteiger partial charge is 0.372 e. The van der Waals surface area contributed by atoms with Crippen LogP contribution in [0.1, 0.15) is 31.7 Å². The molecule has 1 fully saturated rings. The zero-order valence-electron chi connectivity index (χ0n) is 14.5. The van der Waals surface area contributed by atoms with Gasteiger partial charge in [-0.1, -0.05) is 24.6 Å². The number of halogens is 2. The van der Waals surface area contributed by atoms with Crippen LogP contribution in [0.2, 0.25) is 0 Å². The number of para-hydroxylation sites is 1. The molecule has 0 aromatic heterocycles. The van der Waals surface area contributed by atoms with E-state index in [0.29, 0.717) is 24.9 Å². The van der Waals surface area contributed by atoms with Crippen molar-refractivity contribution < 1.29 is 4.79 Å². The quantitative estimate of drug-likeness (QED) is 0.866. The number of nitrogens with zero attached hydrogens (tertiary/aromatic N) is 2. The van der Waals surface area contributed by atoms with Gasteiger partial charge in [0.25, 0.3) is 0 Å². The Morgan fingerprint density at radius 3 is 2.67 bits per heavy atom. The topological polar surface area (TPSA) is 49.6 Å². The highest BCUT2D eigenvalue weighted by Gasteiger charge is 2.37. The van der Waals surface area contributed by atoms with Crippen molar-refractivity contribution in [3.63, 3.8) is 0 Å². The van der Waals surface area contributed by atoms with Gasteiger partial charge in [-0.3, -0.25) is 4.79 Å². The molecule has 6 heteroatoms. The van der Waals surface area contributed by atoms with Crippen molar-refractivity contribution >= 4 is 36.4 Å². The van der Waals surface area contributed by atoms with Crippen LogP contribution in [0.5, 0.6) is 0 Å². The first-order valence-electron chi connectivity index (χ1n) is 8.41. The maximum absolute atomic E-state index is 13.1. The number of hydrogen-bond donors (Lipinski definition) is 1. The van der Waals surface area contributed by atoms with Gasteiger partial charge >= 0.3 is 0 Å². The smallest absolute Gasteiger partial charge is 0.226 e. The number of nitrogens with two attached hydrogens (primary N) is 1. The van der Waals surface area contributed by atoms with Gasteiger partial charge in [0.05, 0.1) is 0 Å². The van der Waals surface area contributed by atoms with E-state index < -0.39 is 0 Å². The summed E-state index contributed by atoms with van der Waals surface area (Å²) in [6.07, 6.45) is 3.24. The fraction of sp³-hybridized carbons (Fsp3) is 0.611. The standard InChI is InChI=1S/C18H27N3O.2ClH/c1-13-11-20(2)17-9-4-3-6-15(17)12-21(13)18(22)16-8-5-7-14(16)10-19;;/h3-4,6,9,13-14,16H,5,7-8,10-12,19H2,1-2H3;2*1H/t13?,14-,16-;;/m1../s1. The van der Waals surface area contributed by atoms with Crippen molar-refractivity contribution in [2.45, 2.75) is 38.8 Å². The summed E-state index contributed by atoms with van der Waals surface area (Å²) in [5.41, 5.74) is 8.36. The van der Waals surface area contributed by atoms with Gasteiger partial charge in [-0.25, -0.2) is 0 Å². The van der Waals surface area contributed by atoms with Crippen molar-refractivity contribution in [1.82, 2.24) is 4.90 Å². The Labute approximate surface area is 157 Å². The molecule has 1 aliphatic carbocycles. The van der Waals surface area contributed by atoms with E-state index in [9.17, 15) is 4.79 Å². The lowest BCUT2D eigenvalue weighted by molar-refractivity contribution is -0.139. The lowest BCUT2D eigenvalue weighted by Gasteiger charge is -2.32. The predicted molar refractivity (Wildman–Crippen MR) is 104 cm³/mol. The highest BCUT2D eigenvalue weighted by molar-refractivity contribution is 5.85. The van der Waals surface area contributed by atoms with Crippen molar-refractivity contribution in [3.05, 3.63) is 29.8 Å². The SMILES string of the molecule is CC1CN(C)c2ccccc2CN1C(=O)[C@@H]1CCC[C@@H]1CN.Cl.Cl. The van der Waals surface area contributed by atoms with Crippen LogP contribution in [0.4, 0.5) is 5.69 Å². The van der Waals surface area contributed by atoms with Crippen LogP contribution < -0.4 is 10.6 Å². The minimum Gasteiger partial charge on any atom is -0.372 e. The molecule has 1 aromatic rings. The number of carbonyl (C=O) groups is 1. The Kier molecular flexibility index (Phi) is 7.84. The van der Waals surface area contributed by atoms with Gasteiger partial charge in [0.15, 0.2) is 0 Å². The maximum Gasteiger partial charge on any atom is 0.226 e. The zero-order valence-corrected chi connectivity index (χ0v) is 16.1. The molecule has 0 bridgehead atoms. The molecular weight excluding hydrogens is 345 g/mol. The summed E-state index contributed by atoms with van der Waals surface area (Å²) < 4.78 is 0. The lowest BCUT2D eigenvalue weighted by Crippen LogP contribution is -2.46. The molecule has 1 amide bonds. The Hall–Kier alpha value is -0.970. The first-order valence-corrected chi connectivity index (χ1v) is 8.41. The minimum atomic E-state index is 0. The van der Waals surface area contributed by atoms with Gasteiger partial charge in [0.1, 0.15) is 0 Å². The molecule has 3 rings (SSSR count). The van der Waals surface area contributed by atoms with E-state index >= 15 is 0 Å². The molecule has 1 unspecified atom stereocenters. The fourth-order valence-corrected chi connectivity index (χ4v) is 4.10. The van der Waals surface area contributed by atoms with Crippen molar-refractivity contribution in [1.29, 1.82) is 0 Å². The van der Waals surface area contributed by atoms with E-state index in [1.165, 1.54) is 11.3 Å². The van der Waals surface area contributed by atoms with Crippen LogP contribution in [0.15, 0.2) is 24.3 Å². The van der Waals surface area contributed by atoms with Gasteiger partial charge < -0.3 is 15.5 Å². The average Bonchev–Trinajstić information content (AvgIpc) is 2.95. The highest BCUT2D eigenvalue weighted by Crippen LogP contribution is 2.34. The molecule has 1 aliphatic heterocycles. The monoisotopic (exact) mass is 373 g/mol. The number of amides is 1. The Balaban J connectivity index is 0.00000144. The number of benzene rings is 1. The summed E-state index contributed by atoms with van der Waals surface area (Å²) in [6.45, 7) is 4.39. The van der Waals surface area contributed by atoms with E-state index in [2.05, 4.69) is 48.0 Å². The second-order valence-electron chi connectivity index (χ2n) is 6.86. The van der Waals surface area contributed by atoms with Crippen LogP contribution in [-0.2, 0) is 11.3 Å². The number of carbonyl (C=O) groups excluding carboxylic acids is 1. The van der Waals surface area contributed by atoms with Crippen molar-refractivity contribution in [3.8, 4) is 0 Å². The molecule has 0 spiro atoms. The number of likely N-dealkylation sites (N-methyl/N-ethyl adjacent to an activating group) is 1. The molecule has 2 aliphatic rings. The van der Waals surface area contributed by atoms with Crippen molar-refractivity contribution in [2.24, 2.45) is 17.6 Å². The molecule has 1 saturated carbocycles. The molecule has 24 heavy (non-hydrogen) atoms. The van der Waals surface area contributed by atoms with Gasteiger partial charge in [-0.05, 0) is 43.9 Å². The van der Waals surface area contributed by atoms with Gasteiger partial charge in [-0.15, -0.1) is 24.8 Å². The highest BCUT2D eigenvalue weighted by atomic mass is 35.5. The second-order valence-corrected chi connectivity index (χ2v) is 6.86. The fourth-order valence-electron chi connectivity index (χ4n) is 4.10. The Bertz CT molecular complexity index is 555. The summed E-state index contributed by atoms with van der Waals surface area (Å²) in [6, 6.07) is 8.64. The van der Waals surface area contributed by atoms with E-state index in [4.69, 9.17) is 5.73 Å².